The Morgan fingerprint density at radius 3 is 2.94 bits per heavy atom. The molecule has 1 aromatic heterocycles. The first-order chi connectivity index (χ1) is 8.20. The molecule has 1 aromatic carbocycles. The maximum atomic E-state index is 13.3. The zero-order valence-corrected chi connectivity index (χ0v) is 9.31. The fourth-order valence-electron chi connectivity index (χ4n) is 2.14. The molecular weight excluding hydrogens is 221 g/mol. The van der Waals surface area contributed by atoms with Gasteiger partial charge in [0.1, 0.15) is 11.6 Å². The Labute approximate surface area is 97.9 Å². The van der Waals surface area contributed by atoms with Crippen LogP contribution in [0, 0.1) is 5.82 Å². The number of nitrogens with zero attached hydrogens (tertiary/aromatic N) is 2. The fraction of sp³-hybridized carbons (Fsp3) is 0.417. The average molecular weight is 235 g/mol. The van der Waals surface area contributed by atoms with Crippen molar-refractivity contribution in [2.75, 3.05) is 6.61 Å². The van der Waals surface area contributed by atoms with E-state index in [9.17, 15) is 4.39 Å². The number of halogens is 1. The summed E-state index contributed by atoms with van der Waals surface area (Å²) >= 11 is 0. The zero-order chi connectivity index (χ0) is 12.0. The summed E-state index contributed by atoms with van der Waals surface area (Å²) in [6.45, 7) is -0.154. The molecular formula is C12H14FN3O. The van der Waals surface area contributed by atoms with Crippen LogP contribution in [0.4, 0.5) is 4.39 Å². The van der Waals surface area contributed by atoms with Crippen molar-refractivity contribution in [2.24, 2.45) is 5.73 Å². The SMILES string of the molecule is NC(CO)c1nc2ccc(F)cc2n1C1CC1. The van der Waals surface area contributed by atoms with Crippen molar-refractivity contribution in [3.63, 3.8) is 0 Å². The van der Waals surface area contributed by atoms with E-state index in [-0.39, 0.29) is 12.4 Å². The van der Waals surface area contributed by atoms with Gasteiger partial charge in [0.15, 0.2) is 0 Å². The number of aliphatic hydroxyl groups excluding tert-OH is 1. The second kappa shape index (κ2) is 3.78. The summed E-state index contributed by atoms with van der Waals surface area (Å²) < 4.78 is 15.2. The Kier molecular flexibility index (Phi) is 2.38. The van der Waals surface area contributed by atoms with Gasteiger partial charge in [-0.1, -0.05) is 0 Å². The molecule has 4 nitrogen and oxygen atoms in total. The molecule has 0 spiro atoms. The number of benzene rings is 1. The van der Waals surface area contributed by atoms with Crippen LogP contribution >= 0.6 is 0 Å². The summed E-state index contributed by atoms with van der Waals surface area (Å²) in [5.41, 5.74) is 7.34. The summed E-state index contributed by atoms with van der Waals surface area (Å²) in [6, 6.07) is 4.37. The third-order valence-electron chi connectivity index (χ3n) is 3.12. The number of imidazole rings is 1. The maximum Gasteiger partial charge on any atom is 0.129 e. The third-order valence-corrected chi connectivity index (χ3v) is 3.12. The lowest BCUT2D eigenvalue weighted by molar-refractivity contribution is 0.261. The third kappa shape index (κ3) is 1.71. The van der Waals surface area contributed by atoms with Crippen molar-refractivity contribution in [1.29, 1.82) is 0 Å². The van der Waals surface area contributed by atoms with Crippen LogP contribution in [0.3, 0.4) is 0 Å². The largest absolute Gasteiger partial charge is 0.394 e. The number of hydrogen-bond donors (Lipinski definition) is 2. The lowest BCUT2D eigenvalue weighted by atomic mass is 10.3. The summed E-state index contributed by atoms with van der Waals surface area (Å²) in [7, 11) is 0. The van der Waals surface area contributed by atoms with Crippen molar-refractivity contribution in [2.45, 2.75) is 24.9 Å². The minimum atomic E-state index is -0.508. The molecule has 0 radical (unpaired) electrons. The molecule has 17 heavy (non-hydrogen) atoms. The van der Waals surface area contributed by atoms with Crippen LogP contribution in [0.1, 0.15) is 30.7 Å². The minimum Gasteiger partial charge on any atom is -0.394 e. The van der Waals surface area contributed by atoms with Gasteiger partial charge in [-0.25, -0.2) is 9.37 Å². The molecule has 1 atom stereocenters. The number of aliphatic hydroxyl groups is 1. The van der Waals surface area contributed by atoms with Crippen LogP contribution in [0.5, 0.6) is 0 Å². The molecule has 0 aliphatic heterocycles. The predicted octanol–water partition coefficient (Wildman–Crippen LogP) is 1.50. The van der Waals surface area contributed by atoms with Gasteiger partial charge in [0.2, 0.25) is 0 Å². The van der Waals surface area contributed by atoms with Crippen LogP contribution in [0.2, 0.25) is 0 Å². The van der Waals surface area contributed by atoms with Gasteiger partial charge in [0.25, 0.3) is 0 Å². The Hall–Kier alpha value is -1.46. The van der Waals surface area contributed by atoms with Gasteiger partial charge in [-0.15, -0.1) is 0 Å². The molecule has 0 bridgehead atoms. The van der Waals surface area contributed by atoms with Gasteiger partial charge < -0.3 is 15.4 Å². The van der Waals surface area contributed by atoms with Crippen molar-refractivity contribution < 1.29 is 9.50 Å². The number of nitrogens with two attached hydrogens (primary N) is 1. The minimum absolute atomic E-state index is 0.154. The van der Waals surface area contributed by atoms with Gasteiger partial charge in [0, 0.05) is 6.04 Å². The standard InChI is InChI=1S/C12H14FN3O/c13-7-1-4-10-11(5-7)16(8-2-3-8)12(15-10)9(14)6-17/h1,4-5,8-9,17H,2-3,6,14H2. The van der Waals surface area contributed by atoms with E-state index in [0.717, 1.165) is 23.9 Å². The summed E-state index contributed by atoms with van der Waals surface area (Å²) in [4.78, 5) is 4.40. The van der Waals surface area contributed by atoms with Crippen LogP contribution in [-0.2, 0) is 0 Å². The highest BCUT2D eigenvalue weighted by molar-refractivity contribution is 5.76. The molecule has 90 valence electrons. The molecule has 5 heteroatoms. The van der Waals surface area contributed by atoms with E-state index in [0.29, 0.717) is 11.9 Å². The van der Waals surface area contributed by atoms with Crippen molar-refractivity contribution in [3.05, 3.63) is 29.8 Å². The Morgan fingerprint density at radius 2 is 2.29 bits per heavy atom. The first kappa shape index (κ1) is 10.7. The topological polar surface area (TPSA) is 64.1 Å². The quantitative estimate of drug-likeness (QED) is 0.847. The van der Waals surface area contributed by atoms with Crippen molar-refractivity contribution in [1.82, 2.24) is 9.55 Å². The van der Waals surface area contributed by atoms with E-state index >= 15 is 0 Å². The van der Waals surface area contributed by atoms with Gasteiger partial charge in [0.05, 0.1) is 23.7 Å². The van der Waals surface area contributed by atoms with E-state index in [1.807, 2.05) is 4.57 Å². The molecule has 0 amide bonds. The maximum absolute atomic E-state index is 13.3. The van der Waals surface area contributed by atoms with E-state index in [1.54, 1.807) is 6.07 Å². The zero-order valence-electron chi connectivity index (χ0n) is 9.31. The van der Waals surface area contributed by atoms with Gasteiger partial charge in [-0.2, -0.15) is 0 Å². The van der Waals surface area contributed by atoms with Crippen LogP contribution in [0.15, 0.2) is 18.2 Å². The number of rotatable bonds is 3. The Morgan fingerprint density at radius 1 is 1.53 bits per heavy atom. The molecule has 2 aromatic rings. The fourth-order valence-corrected chi connectivity index (χ4v) is 2.14. The van der Waals surface area contributed by atoms with E-state index in [4.69, 9.17) is 10.8 Å². The number of hydrogen-bond acceptors (Lipinski definition) is 3. The number of aromatic nitrogens is 2. The molecule has 1 aliphatic carbocycles. The Balaban J connectivity index is 2.23. The van der Waals surface area contributed by atoms with Crippen molar-refractivity contribution >= 4 is 11.0 Å². The number of fused-ring (bicyclic) bond motifs is 1. The van der Waals surface area contributed by atoms with E-state index in [1.165, 1.54) is 12.1 Å². The van der Waals surface area contributed by atoms with Crippen molar-refractivity contribution in [3.8, 4) is 0 Å². The van der Waals surface area contributed by atoms with Gasteiger partial charge >= 0.3 is 0 Å². The second-order valence-corrected chi connectivity index (χ2v) is 4.49. The van der Waals surface area contributed by atoms with Gasteiger partial charge in [-0.05, 0) is 31.0 Å². The molecule has 0 saturated heterocycles. The normalized spacial score (nSPS) is 17.6. The van der Waals surface area contributed by atoms with Gasteiger partial charge in [-0.3, -0.25) is 0 Å². The molecule has 1 fully saturated rings. The first-order valence-electron chi connectivity index (χ1n) is 5.74. The molecule has 1 aliphatic rings. The molecule has 1 unspecified atom stereocenters. The van der Waals surface area contributed by atoms with Crippen LogP contribution in [0.25, 0.3) is 11.0 Å². The predicted molar refractivity (Wildman–Crippen MR) is 62.0 cm³/mol. The highest BCUT2D eigenvalue weighted by Gasteiger charge is 2.29. The van der Waals surface area contributed by atoms with Crippen LogP contribution in [-0.4, -0.2) is 21.3 Å². The molecule has 3 N–H and O–H groups in total. The monoisotopic (exact) mass is 235 g/mol. The highest BCUT2D eigenvalue weighted by atomic mass is 19.1. The lowest BCUT2D eigenvalue weighted by Gasteiger charge is -2.11. The van der Waals surface area contributed by atoms with E-state index < -0.39 is 6.04 Å². The highest BCUT2D eigenvalue weighted by Crippen LogP contribution is 2.39. The van der Waals surface area contributed by atoms with Crippen LogP contribution < -0.4 is 5.73 Å². The Bertz CT molecular complexity index is 562. The molecule has 3 rings (SSSR count). The molecule has 1 saturated carbocycles. The molecule has 1 heterocycles. The second-order valence-electron chi connectivity index (χ2n) is 4.49. The smallest absolute Gasteiger partial charge is 0.129 e. The summed E-state index contributed by atoms with van der Waals surface area (Å²) in [5, 5.41) is 9.14. The van der Waals surface area contributed by atoms with E-state index in [2.05, 4.69) is 4.98 Å². The lowest BCUT2D eigenvalue weighted by Crippen LogP contribution is -2.19. The first-order valence-corrected chi connectivity index (χ1v) is 5.74. The summed E-state index contributed by atoms with van der Waals surface area (Å²) in [6.07, 6.45) is 2.13. The summed E-state index contributed by atoms with van der Waals surface area (Å²) in [5.74, 6) is 0.374. The average Bonchev–Trinajstić information content (AvgIpc) is 3.09.